The average molecular weight is 702 g/mol. The van der Waals surface area contributed by atoms with Crippen molar-refractivity contribution in [1.82, 2.24) is 26.2 Å². The predicted octanol–water partition coefficient (Wildman–Crippen LogP) is 3.90. The summed E-state index contributed by atoms with van der Waals surface area (Å²) < 4.78 is 10.7. The molecule has 5 atom stereocenters. The van der Waals surface area contributed by atoms with Crippen LogP contribution in [-0.4, -0.2) is 84.8 Å². The number of amides is 5. The third-order valence-electron chi connectivity index (χ3n) is 7.78. The van der Waals surface area contributed by atoms with Gasteiger partial charge in [0.15, 0.2) is 0 Å². The molecule has 1 heterocycles. The largest absolute Gasteiger partial charge is 0.497 e. The number of nitrogens with one attached hydrogen (secondary N) is 4. The van der Waals surface area contributed by atoms with Crippen molar-refractivity contribution >= 4 is 35.5 Å². The van der Waals surface area contributed by atoms with Crippen LogP contribution in [0.4, 0.5) is 4.79 Å². The zero-order valence-corrected chi connectivity index (χ0v) is 31.7. The van der Waals surface area contributed by atoms with Crippen molar-refractivity contribution in [2.75, 3.05) is 20.2 Å². The standard InChI is InChI=1S/C34H51N5O8.C3H8/c1-11-16-35-29(42)25(40)21(3)36-28(41)24-17-20(2)18-39(24)30(43)26(33(4,5)6)37-32(45)38-27(34(7,8)9)31(44)47-19-22-12-14-23(46-10)15-13-22;1-3-2/h11-15,20-21,24,26-27H,1,16-19H2,2-10H3,(H,35,42)(H,36,41)(H2,37,38,45);3H2,1-2H3/t20-,21?,24+,26?,27?;/m1./s1. The Morgan fingerprint density at radius 2 is 1.48 bits per heavy atom. The van der Waals surface area contributed by atoms with Gasteiger partial charge in [-0.15, -0.1) is 6.58 Å². The molecule has 2 rings (SSSR count). The van der Waals surface area contributed by atoms with Gasteiger partial charge in [-0.05, 0) is 47.8 Å². The third kappa shape index (κ3) is 13.5. The van der Waals surface area contributed by atoms with E-state index in [1.54, 1.807) is 72.9 Å². The first-order chi connectivity index (χ1) is 23.2. The number of likely N-dealkylation sites (tertiary alicyclic amines) is 1. The highest BCUT2D eigenvalue weighted by Crippen LogP contribution is 2.29. The summed E-state index contributed by atoms with van der Waals surface area (Å²) in [4.78, 5) is 79.8. The van der Waals surface area contributed by atoms with Crippen molar-refractivity contribution in [3.8, 4) is 5.75 Å². The number of hydrogen-bond donors (Lipinski definition) is 4. The maximum atomic E-state index is 14.0. The topological polar surface area (TPSA) is 172 Å². The Balaban J connectivity index is 0.00000401. The quantitative estimate of drug-likeness (QED) is 0.136. The molecule has 1 saturated heterocycles. The maximum absolute atomic E-state index is 14.0. The number of methoxy groups -OCH3 is 1. The van der Waals surface area contributed by atoms with Gasteiger partial charge in [-0.25, -0.2) is 9.59 Å². The molecule has 13 nitrogen and oxygen atoms in total. The van der Waals surface area contributed by atoms with Crippen molar-refractivity contribution in [3.05, 3.63) is 42.5 Å². The van der Waals surface area contributed by atoms with E-state index in [4.69, 9.17) is 9.47 Å². The monoisotopic (exact) mass is 701 g/mol. The zero-order chi connectivity index (χ0) is 38.4. The van der Waals surface area contributed by atoms with Gasteiger partial charge >= 0.3 is 12.0 Å². The van der Waals surface area contributed by atoms with E-state index in [-0.39, 0.29) is 25.6 Å². The van der Waals surface area contributed by atoms with Gasteiger partial charge in [-0.2, -0.15) is 0 Å². The van der Waals surface area contributed by atoms with Crippen molar-refractivity contribution in [1.29, 1.82) is 0 Å². The summed E-state index contributed by atoms with van der Waals surface area (Å²) in [5.41, 5.74) is -0.789. The highest BCUT2D eigenvalue weighted by Gasteiger charge is 2.45. The van der Waals surface area contributed by atoms with Gasteiger partial charge in [0.2, 0.25) is 17.6 Å². The number of rotatable bonds is 13. The molecule has 0 spiro atoms. The minimum Gasteiger partial charge on any atom is -0.497 e. The Morgan fingerprint density at radius 1 is 0.940 bits per heavy atom. The van der Waals surface area contributed by atoms with Crippen LogP contribution in [0, 0.1) is 16.7 Å². The highest BCUT2D eigenvalue weighted by molar-refractivity contribution is 6.38. The highest BCUT2D eigenvalue weighted by atomic mass is 16.5. The van der Waals surface area contributed by atoms with E-state index in [1.807, 2.05) is 6.92 Å². The lowest BCUT2D eigenvalue weighted by Gasteiger charge is -2.36. The molecule has 3 unspecified atom stereocenters. The molecule has 0 aliphatic carbocycles. The van der Waals surface area contributed by atoms with E-state index in [1.165, 1.54) is 24.3 Å². The van der Waals surface area contributed by atoms with E-state index in [0.29, 0.717) is 12.2 Å². The van der Waals surface area contributed by atoms with Crippen LogP contribution >= 0.6 is 0 Å². The minimum absolute atomic E-state index is 0.0118. The van der Waals surface area contributed by atoms with Crippen LogP contribution in [-0.2, 0) is 35.3 Å². The van der Waals surface area contributed by atoms with E-state index >= 15 is 0 Å². The van der Waals surface area contributed by atoms with Crippen LogP contribution in [0.25, 0.3) is 0 Å². The Bertz CT molecular complexity index is 1330. The summed E-state index contributed by atoms with van der Waals surface area (Å²) in [6.45, 7) is 22.0. The molecule has 1 aromatic rings. The Kier molecular flexibility index (Phi) is 17.2. The number of carbonyl (C=O) groups is 6. The lowest BCUT2D eigenvalue weighted by molar-refractivity contribution is -0.150. The Labute approximate surface area is 297 Å². The van der Waals surface area contributed by atoms with Crippen molar-refractivity contribution in [2.24, 2.45) is 16.7 Å². The second kappa shape index (κ2) is 19.7. The van der Waals surface area contributed by atoms with E-state index in [2.05, 4.69) is 41.7 Å². The van der Waals surface area contributed by atoms with Gasteiger partial charge in [-0.1, -0.05) is 86.9 Å². The minimum atomic E-state index is -1.12. The smallest absolute Gasteiger partial charge is 0.329 e. The molecule has 1 fully saturated rings. The fourth-order valence-corrected chi connectivity index (χ4v) is 5.07. The van der Waals surface area contributed by atoms with Crippen molar-refractivity contribution in [2.45, 2.75) is 113 Å². The molecular formula is C37H59N5O8. The summed E-state index contributed by atoms with van der Waals surface area (Å²) in [7, 11) is 1.55. The van der Waals surface area contributed by atoms with Gasteiger partial charge in [0, 0.05) is 13.1 Å². The Hall–Kier alpha value is -4.42. The molecule has 13 heteroatoms. The summed E-state index contributed by atoms with van der Waals surface area (Å²) in [6.07, 6.45) is 3.01. The van der Waals surface area contributed by atoms with Gasteiger partial charge in [0.1, 0.15) is 30.5 Å². The second-order valence-corrected chi connectivity index (χ2v) is 14.8. The van der Waals surface area contributed by atoms with Gasteiger partial charge in [0.25, 0.3) is 5.91 Å². The predicted molar refractivity (Wildman–Crippen MR) is 192 cm³/mol. The summed E-state index contributed by atoms with van der Waals surface area (Å²) in [6, 6.07) is 2.10. The number of esters is 1. The fraction of sp³-hybridized carbons (Fsp3) is 0.622. The molecule has 1 aromatic carbocycles. The average Bonchev–Trinajstić information content (AvgIpc) is 3.44. The molecule has 0 aromatic heterocycles. The third-order valence-corrected chi connectivity index (χ3v) is 7.78. The summed E-state index contributed by atoms with van der Waals surface area (Å²) >= 11 is 0. The number of urea groups is 1. The first kappa shape index (κ1) is 43.6. The summed E-state index contributed by atoms with van der Waals surface area (Å²) in [5.74, 6) is -2.78. The van der Waals surface area contributed by atoms with E-state index in [9.17, 15) is 28.8 Å². The maximum Gasteiger partial charge on any atom is 0.329 e. The molecule has 1 aliphatic heterocycles. The van der Waals surface area contributed by atoms with Crippen LogP contribution in [0.5, 0.6) is 5.75 Å². The summed E-state index contributed by atoms with van der Waals surface area (Å²) in [5, 5.41) is 10.4. The molecule has 5 amide bonds. The number of ether oxygens (including phenoxy) is 2. The second-order valence-electron chi connectivity index (χ2n) is 14.8. The van der Waals surface area contributed by atoms with Crippen molar-refractivity contribution < 1.29 is 38.2 Å². The van der Waals surface area contributed by atoms with Gasteiger partial charge in [-0.3, -0.25) is 19.2 Å². The number of Topliss-reactive ketones (excluding diaryl/α,β-unsaturated/α-hetero) is 1. The van der Waals surface area contributed by atoms with Gasteiger partial charge < -0.3 is 35.6 Å². The number of ketones is 1. The van der Waals surface area contributed by atoms with Crippen molar-refractivity contribution in [3.63, 3.8) is 0 Å². The zero-order valence-electron chi connectivity index (χ0n) is 31.7. The van der Waals surface area contributed by atoms with E-state index in [0.717, 1.165) is 5.56 Å². The van der Waals surface area contributed by atoms with Gasteiger partial charge in [0.05, 0.1) is 13.2 Å². The first-order valence-electron chi connectivity index (χ1n) is 17.1. The normalized spacial score (nSPS) is 17.5. The molecule has 1 aliphatic rings. The number of carbonyl (C=O) groups excluding carboxylic acids is 6. The molecule has 50 heavy (non-hydrogen) atoms. The van der Waals surface area contributed by atoms with Crippen LogP contribution in [0.2, 0.25) is 0 Å². The molecule has 0 saturated carbocycles. The first-order valence-corrected chi connectivity index (χ1v) is 17.1. The molecular weight excluding hydrogens is 642 g/mol. The van der Waals surface area contributed by atoms with Crippen LogP contribution in [0.15, 0.2) is 36.9 Å². The van der Waals surface area contributed by atoms with Crippen LogP contribution in [0.1, 0.15) is 87.6 Å². The van der Waals surface area contributed by atoms with Crippen LogP contribution in [0.3, 0.4) is 0 Å². The number of hydrogen-bond acceptors (Lipinski definition) is 8. The SMILES string of the molecule is C=CCNC(=O)C(=O)C(C)NC(=O)[C@@H]1C[C@@H](C)CN1C(=O)C(NC(=O)NC(C(=O)OCc1ccc(OC)cc1)C(C)(C)C)C(C)(C)C.CCC. The molecule has 4 N–H and O–H groups in total. The lowest BCUT2D eigenvalue weighted by atomic mass is 9.85. The molecule has 0 radical (unpaired) electrons. The van der Waals surface area contributed by atoms with E-state index < -0.39 is 70.5 Å². The van der Waals surface area contributed by atoms with Crippen LogP contribution < -0.4 is 26.0 Å². The Morgan fingerprint density at radius 3 is 1.98 bits per heavy atom. The lowest BCUT2D eigenvalue weighted by Crippen LogP contribution is -2.61. The molecule has 0 bridgehead atoms. The fourth-order valence-electron chi connectivity index (χ4n) is 5.07. The number of nitrogens with zero attached hydrogens (tertiary/aromatic N) is 1. The molecule has 280 valence electrons. The number of benzene rings is 1.